The van der Waals surface area contributed by atoms with Gasteiger partial charge in [0.2, 0.25) is 5.82 Å². The second-order valence-electron chi connectivity index (χ2n) is 5.67. The van der Waals surface area contributed by atoms with Gasteiger partial charge >= 0.3 is 5.69 Å². The number of nitro groups is 1. The van der Waals surface area contributed by atoms with E-state index in [-0.39, 0.29) is 22.8 Å². The molecule has 0 aliphatic rings. The van der Waals surface area contributed by atoms with Crippen molar-refractivity contribution in [3.05, 3.63) is 86.3 Å². The highest BCUT2D eigenvalue weighted by molar-refractivity contribution is 6.04. The second kappa shape index (κ2) is 7.84. The molecule has 11 heteroatoms. The molecule has 0 atom stereocenters. The molecular formula is C18H12F2N4O5. The Morgan fingerprint density at radius 1 is 1.17 bits per heavy atom. The number of carbonyl (C=O) groups excluding carboxylic acids is 1. The maximum absolute atomic E-state index is 13.5. The fraction of sp³-hybridized carbons (Fsp3) is 0.0556. The first kappa shape index (κ1) is 19.6. The number of benzene rings is 2. The van der Waals surface area contributed by atoms with E-state index in [4.69, 9.17) is 4.74 Å². The maximum atomic E-state index is 13.5. The van der Waals surface area contributed by atoms with Crippen molar-refractivity contribution in [3.63, 3.8) is 0 Å². The largest absolute Gasteiger partial charge is 0.494 e. The summed E-state index contributed by atoms with van der Waals surface area (Å²) in [7, 11) is 1.22. The summed E-state index contributed by atoms with van der Waals surface area (Å²) >= 11 is 0. The van der Waals surface area contributed by atoms with Gasteiger partial charge in [-0.1, -0.05) is 0 Å². The van der Waals surface area contributed by atoms with Crippen LogP contribution in [0.25, 0.3) is 5.69 Å². The van der Waals surface area contributed by atoms with Crippen molar-refractivity contribution in [3.8, 4) is 11.4 Å². The Bertz CT molecular complexity index is 1160. The first-order valence-corrected chi connectivity index (χ1v) is 7.99. The Kier molecular flexibility index (Phi) is 5.30. The summed E-state index contributed by atoms with van der Waals surface area (Å²) in [5.74, 6) is -2.60. The third-order valence-electron chi connectivity index (χ3n) is 3.80. The number of halogens is 2. The van der Waals surface area contributed by atoms with E-state index < -0.39 is 33.7 Å². The summed E-state index contributed by atoms with van der Waals surface area (Å²) in [6.45, 7) is 0. The van der Waals surface area contributed by atoms with E-state index in [0.717, 1.165) is 41.1 Å². The zero-order chi connectivity index (χ0) is 21.1. The number of amides is 1. The number of aromatic nitrogens is 2. The number of hydrogen-bond acceptors (Lipinski definition) is 6. The minimum Gasteiger partial charge on any atom is -0.494 e. The minimum absolute atomic E-state index is 0.0634. The van der Waals surface area contributed by atoms with Crippen molar-refractivity contribution in [1.29, 1.82) is 0 Å². The number of ether oxygens (including phenoxy) is 1. The van der Waals surface area contributed by atoms with Gasteiger partial charge in [-0.15, -0.1) is 0 Å². The number of methoxy groups -OCH3 is 1. The van der Waals surface area contributed by atoms with E-state index in [2.05, 4.69) is 10.4 Å². The van der Waals surface area contributed by atoms with Gasteiger partial charge in [0.25, 0.3) is 11.5 Å². The van der Waals surface area contributed by atoms with Gasteiger partial charge in [0.1, 0.15) is 5.82 Å². The molecule has 29 heavy (non-hydrogen) atoms. The van der Waals surface area contributed by atoms with Crippen LogP contribution < -0.4 is 15.6 Å². The summed E-state index contributed by atoms with van der Waals surface area (Å²) in [5, 5.41) is 17.1. The van der Waals surface area contributed by atoms with Crippen LogP contribution in [-0.2, 0) is 0 Å². The third-order valence-corrected chi connectivity index (χ3v) is 3.80. The molecule has 0 aliphatic carbocycles. The molecule has 0 saturated carbocycles. The number of nitrogens with zero attached hydrogens (tertiary/aromatic N) is 3. The molecule has 1 N–H and O–H groups in total. The lowest BCUT2D eigenvalue weighted by atomic mass is 10.2. The van der Waals surface area contributed by atoms with Crippen LogP contribution in [0.3, 0.4) is 0 Å². The molecule has 3 rings (SSSR count). The molecule has 0 spiro atoms. The maximum Gasteiger partial charge on any atom is 0.306 e. The van der Waals surface area contributed by atoms with Crippen molar-refractivity contribution in [1.82, 2.24) is 9.78 Å². The molecule has 0 radical (unpaired) electrons. The van der Waals surface area contributed by atoms with Crippen LogP contribution in [0.2, 0.25) is 0 Å². The summed E-state index contributed by atoms with van der Waals surface area (Å²) in [4.78, 5) is 34.8. The lowest BCUT2D eigenvalue weighted by Gasteiger charge is -2.11. The molecule has 3 aromatic rings. The molecule has 1 heterocycles. The molecule has 0 bridgehead atoms. The number of nitrogens with one attached hydrogen (secondary N) is 1. The van der Waals surface area contributed by atoms with Crippen LogP contribution in [0, 0.1) is 21.7 Å². The summed E-state index contributed by atoms with van der Waals surface area (Å²) in [6.07, 6.45) is 0. The van der Waals surface area contributed by atoms with Crippen LogP contribution >= 0.6 is 0 Å². The van der Waals surface area contributed by atoms with Crippen molar-refractivity contribution >= 4 is 17.3 Å². The highest BCUT2D eigenvalue weighted by Gasteiger charge is 2.20. The zero-order valence-electron chi connectivity index (χ0n) is 14.8. The number of hydrogen-bond donors (Lipinski definition) is 1. The van der Waals surface area contributed by atoms with Crippen molar-refractivity contribution in [2.45, 2.75) is 0 Å². The predicted octanol–water partition coefficient (Wildman–Crippen LogP) is 2.68. The number of rotatable bonds is 5. The summed E-state index contributed by atoms with van der Waals surface area (Å²) < 4.78 is 32.5. The number of anilines is 1. The van der Waals surface area contributed by atoms with E-state index in [1.807, 2.05) is 0 Å². The Morgan fingerprint density at radius 3 is 2.48 bits per heavy atom. The molecule has 0 saturated heterocycles. The molecule has 9 nitrogen and oxygen atoms in total. The highest BCUT2D eigenvalue weighted by Crippen LogP contribution is 2.23. The topological polar surface area (TPSA) is 116 Å². The number of nitro benzene ring substituents is 1. The van der Waals surface area contributed by atoms with Gasteiger partial charge in [0.05, 0.1) is 23.8 Å². The average molecular weight is 402 g/mol. The van der Waals surface area contributed by atoms with Gasteiger partial charge in [-0.2, -0.15) is 14.2 Å². The molecule has 1 aromatic heterocycles. The van der Waals surface area contributed by atoms with Crippen LogP contribution in [-0.4, -0.2) is 27.7 Å². The number of carbonyl (C=O) groups is 1. The van der Waals surface area contributed by atoms with Gasteiger partial charge in [-0.25, -0.2) is 4.39 Å². The fourth-order valence-corrected chi connectivity index (χ4v) is 2.44. The predicted molar refractivity (Wildman–Crippen MR) is 97.4 cm³/mol. The monoisotopic (exact) mass is 402 g/mol. The Morgan fingerprint density at radius 2 is 1.86 bits per heavy atom. The molecule has 148 valence electrons. The van der Waals surface area contributed by atoms with Crippen molar-refractivity contribution in [2.75, 3.05) is 12.4 Å². The van der Waals surface area contributed by atoms with Crippen LogP contribution in [0.4, 0.5) is 20.2 Å². The Hall–Kier alpha value is -4.15. The third kappa shape index (κ3) is 4.08. The molecule has 2 aromatic carbocycles. The van der Waals surface area contributed by atoms with Crippen LogP contribution in [0.15, 0.2) is 53.3 Å². The van der Waals surface area contributed by atoms with Crippen LogP contribution in [0.5, 0.6) is 5.75 Å². The SMILES string of the molecule is COc1cc(=O)n(-c2ccc(F)cc2)nc1C(=O)Nc1ccc(F)c([N+](=O)[O-])c1. The lowest BCUT2D eigenvalue weighted by molar-refractivity contribution is -0.387. The quantitative estimate of drug-likeness (QED) is 0.518. The van der Waals surface area contributed by atoms with E-state index in [1.54, 1.807) is 0 Å². The molecular weight excluding hydrogens is 390 g/mol. The van der Waals surface area contributed by atoms with E-state index in [1.165, 1.54) is 19.2 Å². The van der Waals surface area contributed by atoms with Crippen LogP contribution in [0.1, 0.15) is 10.5 Å². The fourth-order valence-electron chi connectivity index (χ4n) is 2.44. The molecule has 0 unspecified atom stereocenters. The van der Waals surface area contributed by atoms with E-state index in [9.17, 15) is 28.5 Å². The van der Waals surface area contributed by atoms with Gasteiger partial charge in [0.15, 0.2) is 11.4 Å². The smallest absolute Gasteiger partial charge is 0.306 e. The lowest BCUT2D eigenvalue weighted by Crippen LogP contribution is -2.26. The zero-order valence-corrected chi connectivity index (χ0v) is 14.8. The summed E-state index contributed by atoms with van der Waals surface area (Å²) in [5.41, 5.74) is -1.64. The van der Waals surface area contributed by atoms with Crippen molar-refractivity contribution < 1.29 is 23.2 Å². The van der Waals surface area contributed by atoms with Gasteiger partial charge in [0, 0.05) is 11.8 Å². The summed E-state index contributed by atoms with van der Waals surface area (Å²) in [6, 6.07) is 8.63. The molecule has 1 amide bonds. The Labute approximate surface area is 161 Å². The molecule has 0 fully saturated rings. The standard InChI is InChI=1S/C18H12F2N4O5/c1-29-15-9-16(25)23(12-5-2-10(19)3-6-12)22-17(15)18(26)21-11-4-7-13(20)14(8-11)24(27)28/h2-9H,1H3,(H,21,26). The minimum atomic E-state index is -1.06. The van der Waals surface area contributed by atoms with Gasteiger partial charge in [-0.05, 0) is 36.4 Å². The Balaban J connectivity index is 2.01. The highest BCUT2D eigenvalue weighted by atomic mass is 19.1. The second-order valence-corrected chi connectivity index (χ2v) is 5.67. The first-order valence-electron chi connectivity index (χ1n) is 7.99. The normalized spacial score (nSPS) is 10.4. The van der Waals surface area contributed by atoms with Crippen molar-refractivity contribution in [2.24, 2.45) is 0 Å². The molecule has 0 aliphatic heterocycles. The van der Waals surface area contributed by atoms with E-state index in [0.29, 0.717) is 0 Å². The average Bonchev–Trinajstić information content (AvgIpc) is 2.69. The first-order chi connectivity index (χ1) is 13.8. The van der Waals surface area contributed by atoms with Gasteiger partial charge in [-0.3, -0.25) is 19.7 Å². The van der Waals surface area contributed by atoms with Gasteiger partial charge < -0.3 is 10.1 Å². The van der Waals surface area contributed by atoms with E-state index >= 15 is 0 Å².